The van der Waals surface area contributed by atoms with Gasteiger partial charge in [-0.3, -0.25) is 9.78 Å². The second-order valence-electron chi connectivity index (χ2n) is 7.01. The Hall–Kier alpha value is -3.58. The standard InChI is InChI=1S/C23H18N4O2S/c28-17-10-6-9-16(13-17)21-24-19-12-5-4-11-18(19)20-22(29)25-23(26-27(20)21)30-14-15-7-2-1-3-8-15/h1-13,21H,14H2,(H2,25,26,28,29)/p+1/t21-/m0/s1. The topological polar surface area (TPSA) is 81.9 Å². The van der Waals surface area contributed by atoms with Crippen molar-refractivity contribution in [2.45, 2.75) is 17.1 Å². The number of aromatic hydroxyl groups is 1. The van der Waals surface area contributed by atoms with Crippen LogP contribution in [0.4, 0.5) is 5.69 Å². The van der Waals surface area contributed by atoms with Crippen molar-refractivity contribution in [1.82, 2.24) is 10.1 Å². The number of benzene rings is 3. The first kappa shape index (κ1) is 18.4. The fourth-order valence-corrected chi connectivity index (χ4v) is 4.41. The maximum atomic E-state index is 13.1. The number of fused-ring (bicyclic) bond motifs is 3. The van der Waals surface area contributed by atoms with Crippen molar-refractivity contribution in [3.63, 3.8) is 0 Å². The lowest BCUT2D eigenvalue weighted by Crippen LogP contribution is -2.55. The summed E-state index contributed by atoms with van der Waals surface area (Å²) in [6.45, 7) is 0. The first-order valence-corrected chi connectivity index (χ1v) is 10.6. The van der Waals surface area contributed by atoms with Crippen LogP contribution < -0.4 is 15.6 Å². The molecule has 5 rings (SSSR count). The Bertz CT molecular complexity index is 1270. The van der Waals surface area contributed by atoms with E-state index in [1.807, 2.05) is 60.7 Å². The number of nitrogens with one attached hydrogen (secondary N) is 2. The van der Waals surface area contributed by atoms with Crippen molar-refractivity contribution < 1.29 is 9.79 Å². The van der Waals surface area contributed by atoms with E-state index < -0.39 is 6.17 Å². The lowest BCUT2D eigenvalue weighted by atomic mass is 10.0. The van der Waals surface area contributed by atoms with Crippen LogP contribution in [-0.4, -0.2) is 15.2 Å². The summed E-state index contributed by atoms with van der Waals surface area (Å²) in [6, 6.07) is 24.7. The van der Waals surface area contributed by atoms with Crippen LogP contribution >= 0.6 is 11.8 Å². The van der Waals surface area contributed by atoms with Crippen LogP contribution in [0.25, 0.3) is 11.3 Å². The second-order valence-corrected chi connectivity index (χ2v) is 7.98. The molecule has 1 aromatic heterocycles. The van der Waals surface area contributed by atoms with Gasteiger partial charge in [-0.2, -0.15) is 0 Å². The predicted octanol–water partition coefficient (Wildman–Crippen LogP) is 3.69. The third kappa shape index (κ3) is 3.44. The number of thioether (sulfide) groups is 1. The number of phenols is 1. The molecule has 7 heteroatoms. The Morgan fingerprint density at radius 1 is 1.00 bits per heavy atom. The molecule has 2 heterocycles. The van der Waals surface area contributed by atoms with Crippen molar-refractivity contribution in [2.24, 2.45) is 0 Å². The molecule has 0 bridgehead atoms. The van der Waals surface area contributed by atoms with Crippen LogP contribution in [0.5, 0.6) is 5.75 Å². The molecule has 3 N–H and O–H groups in total. The maximum absolute atomic E-state index is 13.1. The summed E-state index contributed by atoms with van der Waals surface area (Å²) in [4.78, 5) is 16.0. The van der Waals surface area contributed by atoms with Gasteiger partial charge in [-0.05, 0) is 40.6 Å². The third-order valence-corrected chi connectivity index (χ3v) is 5.92. The fraction of sp³-hybridized carbons (Fsp3) is 0.0870. The molecule has 30 heavy (non-hydrogen) atoms. The third-order valence-electron chi connectivity index (χ3n) is 4.99. The van der Waals surface area contributed by atoms with Crippen LogP contribution in [0.15, 0.2) is 88.8 Å². The number of para-hydroxylation sites is 1. The van der Waals surface area contributed by atoms with Gasteiger partial charge in [0.15, 0.2) is 0 Å². The summed E-state index contributed by atoms with van der Waals surface area (Å²) in [6.07, 6.45) is -0.416. The van der Waals surface area contributed by atoms with Crippen LogP contribution in [0.1, 0.15) is 17.3 Å². The molecule has 1 aliphatic rings. The van der Waals surface area contributed by atoms with Crippen molar-refractivity contribution in [3.8, 4) is 17.0 Å². The molecule has 0 unspecified atom stereocenters. The molecule has 6 nitrogen and oxygen atoms in total. The molecule has 1 atom stereocenters. The van der Waals surface area contributed by atoms with Crippen LogP contribution in [0.3, 0.4) is 0 Å². The summed E-state index contributed by atoms with van der Waals surface area (Å²) in [5, 5.41) is 18.7. The van der Waals surface area contributed by atoms with Crippen molar-refractivity contribution in [1.29, 1.82) is 0 Å². The molecule has 4 aromatic rings. The number of aromatic amines is 1. The highest BCUT2D eigenvalue weighted by Crippen LogP contribution is 2.32. The van der Waals surface area contributed by atoms with Gasteiger partial charge in [-0.1, -0.05) is 60.3 Å². The molecule has 0 radical (unpaired) electrons. The zero-order valence-corrected chi connectivity index (χ0v) is 16.8. The van der Waals surface area contributed by atoms with Gasteiger partial charge in [0.05, 0.1) is 11.3 Å². The average molecular weight is 415 g/mol. The number of anilines is 1. The van der Waals surface area contributed by atoms with Gasteiger partial charge in [0, 0.05) is 16.4 Å². The van der Waals surface area contributed by atoms with E-state index in [0.29, 0.717) is 16.6 Å². The van der Waals surface area contributed by atoms with E-state index in [1.54, 1.807) is 22.9 Å². The van der Waals surface area contributed by atoms with E-state index in [1.165, 1.54) is 11.8 Å². The molecule has 0 saturated heterocycles. The van der Waals surface area contributed by atoms with Gasteiger partial charge in [0.25, 0.3) is 6.17 Å². The fourth-order valence-electron chi connectivity index (χ4n) is 3.60. The molecular formula is C23H19N4O2S+. The number of H-pyrrole nitrogens is 1. The normalized spacial score (nSPS) is 14.5. The molecule has 3 aromatic carbocycles. The van der Waals surface area contributed by atoms with Gasteiger partial charge < -0.3 is 10.4 Å². The van der Waals surface area contributed by atoms with Gasteiger partial charge in [0.2, 0.25) is 5.16 Å². The van der Waals surface area contributed by atoms with Gasteiger partial charge in [-0.15, -0.1) is 0 Å². The summed E-state index contributed by atoms with van der Waals surface area (Å²) < 4.78 is 1.71. The Morgan fingerprint density at radius 2 is 1.80 bits per heavy atom. The molecule has 0 spiro atoms. The monoisotopic (exact) mass is 415 g/mol. The number of phenolic OH excluding ortho intramolecular Hbond substituents is 1. The van der Waals surface area contributed by atoms with Gasteiger partial charge >= 0.3 is 11.3 Å². The number of hydrogen-bond donors (Lipinski definition) is 3. The molecule has 0 saturated carbocycles. The quantitative estimate of drug-likeness (QED) is 0.350. The van der Waals surface area contributed by atoms with E-state index in [-0.39, 0.29) is 11.3 Å². The minimum atomic E-state index is -0.416. The molecule has 0 aliphatic carbocycles. The van der Waals surface area contributed by atoms with Crippen molar-refractivity contribution in [2.75, 3.05) is 5.32 Å². The van der Waals surface area contributed by atoms with Gasteiger partial charge in [-0.25, -0.2) is 0 Å². The van der Waals surface area contributed by atoms with Crippen molar-refractivity contribution >= 4 is 17.4 Å². The summed E-state index contributed by atoms with van der Waals surface area (Å²) in [7, 11) is 0. The Labute approximate surface area is 177 Å². The molecule has 148 valence electrons. The minimum absolute atomic E-state index is 0.166. The summed E-state index contributed by atoms with van der Waals surface area (Å²) in [5.74, 6) is 0.864. The lowest BCUT2D eigenvalue weighted by molar-refractivity contribution is -0.759. The highest BCUT2D eigenvalue weighted by Gasteiger charge is 2.37. The maximum Gasteiger partial charge on any atom is 0.325 e. The second kappa shape index (κ2) is 7.68. The predicted molar refractivity (Wildman–Crippen MR) is 116 cm³/mol. The zero-order valence-electron chi connectivity index (χ0n) is 15.9. The van der Waals surface area contributed by atoms with Gasteiger partial charge in [0.1, 0.15) is 5.75 Å². The van der Waals surface area contributed by atoms with E-state index in [9.17, 15) is 9.90 Å². The Balaban J connectivity index is 1.61. The lowest BCUT2D eigenvalue weighted by Gasteiger charge is -2.22. The van der Waals surface area contributed by atoms with E-state index >= 15 is 0 Å². The molecule has 0 fully saturated rings. The zero-order chi connectivity index (χ0) is 20.5. The first-order chi connectivity index (χ1) is 14.7. The van der Waals surface area contributed by atoms with Crippen LogP contribution in [0.2, 0.25) is 0 Å². The Morgan fingerprint density at radius 3 is 2.63 bits per heavy atom. The first-order valence-electron chi connectivity index (χ1n) is 9.57. The number of hydrogen-bond acceptors (Lipinski definition) is 5. The largest absolute Gasteiger partial charge is 0.508 e. The van der Waals surface area contributed by atoms with Crippen molar-refractivity contribution in [3.05, 3.63) is 100 Å². The van der Waals surface area contributed by atoms with Crippen LogP contribution in [0, 0.1) is 0 Å². The number of nitrogens with zero attached hydrogens (tertiary/aromatic N) is 2. The highest BCUT2D eigenvalue weighted by molar-refractivity contribution is 7.98. The smallest absolute Gasteiger partial charge is 0.325 e. The van der Waals surface area contributed by atoms with E-state index in [0.717, 1.165) is 22.4 Å². The molecule has 0 amide bonds. The number of aromatic nitrogens is 3. The minimum Gasteiger partial charge on any atom is -0.508 e. The van der Waals surface area contributed by atoms with Crippen LogP contribution in [-0.2, 0) is 5.75 Å². The van der Waals surface area contributed by atoms with E-state index in [2.05, 4.69) is 10.3 Å². The highest BCUT2D eigenvalue weighted by atomic mass is 32.2. The molecular weight excluding hydrogens is 396 g/mol. The van der Waals surface area contributed by atoms with E-state index in [4.69, 9.17) is 5.10 Å². The summed E-state index contributed by atoms with van der Waals surface area (Å²) in [5.41, 5.74) is 3.90. The summed E-state index contributed by atoms with van der Waals surface area (Å²) >= 11 is 1.48. The molecule has 1 aliphatic heterocycles. The number of rotatable bonds is 4. The Kier molecular flexibility index (Phi) is 4.72. The SMILES string of the molecule is O=c1[nH]c(SCc2ccccc2)n[n+]2c1-c1ccccc1N[C@@H]2c1cccc(O)c1. The average Bonchev–Trinajstić information content (AvgIpc) is 2.77.